The predicted octanol–water partition coefficient (Wildman–Crippen LogP) is 2.61. The lowest BCUT2D eigenvalue weighted by atomic mass is 10.1. The van der Waals surface area contributed by atoms with E-state index in [0.717, 1.165) is 10.9 Å². The SMILES string of the molecule is CCn1c(COCc2ccccc2)nn(-c2ccc3c(=O)[nH]ccc3c2)c1=O. The number of nitrogens with zero attached hydrogens (tertiary/aromatic N) is 3. The molecule has 0 bridgehead atoms. The van der Waals surface area contributed by atoms with Crippen molar-refractivity contribution in [3.63, 3.8) is 0 Å². The summed E-state index contributed by atoms with van der Waals surface area (Å²) in [7, 11) is 0. The van der Waals surface area contributed by atoms with Crippen molar-refractivity contribution in [2.45, 2.75) is 26.7 Å². The van der Waals surface area contributed by atoms with Gasteiger partial charge < -0.3 is 9.72 Å². The molecule has 4 aromatic rings. The molecule has 0 aliphatic rings. The number of aromatic nitrogens is 4. The molecule has 0 fully saturated rings. The van der Waals surface area contributed by atoms with Crippen molar-refractivity contribution in [1.82, 2.24) is 19.3 Å². The number of pyridine rings is 1. The summed E-state index contributed by atoms with van der Waals surface area (Å²) in [5, 5.41) is 5.79. The predicted molar refractivity (Wildman–Crippen MR) is 107 cm³/mol. The van der Waals surface area contributed by atoms with Gasteiger partial charge >= 0.3 is 5.69 Å². The van der Waals surface area contributed by atoms with E-state index in [1.165, 1.54) is 4.68 Å². The van der Waals surface area contributed by atoms with E-state index in [1.54, 1.807) is 35.0 Å². The summed E-state index contributed by atoms with van der Waals surface area (Å²) in [6, 6.07) is 16.9. The molecule has 0 radical (unpaired) electrons. The minimum Gasteiger partial charge on any atom is -0.369 e. The highest BCUT2D eigenvalue weighted by Crippen LogP contribution is 2.14. The molecule has 28 heavy (non-hydrogen) atoms. The number of nitrogens with one attached hydrogen (secondary N) is 1. The Morgan fingerprint density at radius 3 is 2.64 bits per heavy atom. The monoisotopic (exact) mass is 376 g/mol. The number of hydrogen-bond donors (Lipinski definition) is 1. The number of aromatic amines is 1. The molecule has 4 rings (SSSR count). The molecule has 7 heteroatoms. The second-order valence-electron chi connectivity index (χ2n) is 6.41. The molecular weight excluding hydrogens is 356 g/mol. The molecule has 0 unspecified atom stereocenters. The fraction of sp³-hybridized carbons (Fsp3) is 0.190. The Bertz CT molecular complexity index is 1220. The smallest absolute Gasteiger partial charge is 0.350 e. The molecule has 7 nitrogen and oxygen atoms in total. The lowest BCUT2D eigenvalue weighted by Crippen LogP contribution is -2.24. The Labute approximate surface area is 160 Å². The molecule has 0 saturated carbocycles. The summed E-state index contributed by atoms with van der Waals surface area (Å²) in [4.78, 5) is 27.3. The molecular formula is C21H20N4O3. The summed E-state index contributed by atoms with van der Waals surface area (Å²) in [6.07, 6.45) is 1.59. The minimum atomic E-state index is -0.231. The van der Waals surface area contributed by atoms with Crippen molar-refractivity contribution in [3.05, 3.63) is 93.0 Å². The third-order valence-electron chi connectivity index (χ3n) is 4.60. The van der Waals surface area contributed by atoms with Gasteiger partial charge in [0.05, 0.1) is 12.3 Å². The third kappa shape index (κ3) is 3.39. The van der Waals surface area contributed by atoms with Gasteiger partial charge in [-0.25, -0.2) is 4.79 Å². The van der Waals surface area contributed by atoms with Crippen molar-refractivity contribution in [1.29, 1.82) is 0 Å². The Morgan fingerprint density at radius 1 is 1.04 bits per heavy atom. The molecule has 2 heterocycles. The van der Waals surface area contributed by atoms with Crippen molar-refractivity contribution in [3.8, 4) is 5.69 Å². The van der Waals surface area contributed by atoms with Gasteiger partial charge in [0.1, 0.15) is 6.61 Å². The summed E-state index contributed by atoms with van der Waals surface area (Å²) >= 11 is 0. The van der Waals surface area contributed by atoms with Gasteiger partial charge in [-0.1, -0.05) is 30.3 Å². The number of benzene rings is 2. The zero-order chi connectivity index (χ0) is 19.5. The Balaban J connectivity index is 1.63. The maximum absolute atomic E-state index is 12.8. The second kappa shape index (κ2) is 7.66. The Kier molecular flexibility index (Phi) is 4.90. The maximum atomic E-state index is 12.8. The number of fused-ring (bicyclic) bond motifs is 1. The lowest BCUT2D eigenvalue weighted by Gasteiger charge is -2.04. The van der Waals surface area contributed by atoms with Crippen LogP contribution in [0.1, 0.15) is 18.3 Å². The summed E-state index contributed by atoms with van der Waals surface area (Å²) in [5.74, 6) is 0.564. The maximum Gasteiger partial charge on any atom is 0.350 e. The molecule has 142 valence electrons. The van der Waals surface area contributed by atoms with Crippen molar-refractivity contribution >= 4 is 10.8 Å². The van der Waals surface area contributed by atoms with E-state index in [0.29, 0.717) is 30.0 Å². The highest BCUT2D eigenvalue weighted by Gasteiger charge is 2.14. The van der Waals surface area contributed by atoms with Crippen molar-refractivity contribution in [2.24, 2.45) is 0 Å². The molecule has 0 amide bonds. The number of hydrogen-bond acceptors (Lipinski definition) is 4. The van der Waals surface area contributed by atoms with Crippen molar-refractivity contribution in [2.75, 3.05) is 0 Å². The number of rotatable bonds is 6. The Morgan fingerprint density at radius 2 is 1.86 bits per heavy atom. The van der Waals surface area contributed by atoms with Gasteiger partial charge in [-0.2, -0.15) is 4.68 Å². The van der Waals surface area contributed by atoms with E-state index < -0.39 is 0 Å². The molecule has 1 N–H and O–H groups in total. The average molecular weight is 376 g/mol. The van der Waals surface area contributed by atoms with Gasteiger partial charge in [0, 0.05) is 18.1 Å². The highest BCUT2D eigenvalue weighted by molar-refractivity contribution is 5.83. The molecule has 0 saturated heterocycles. The van der Waals surface area contributed by atoms with Crippen LogP contribution < -0.4 is 11.2 Å². The normalized spacial score (nSPS) is 11.2. The van der Waals surface area contributed by atoms with Crippen LogP contribution in [-0.4, -0.2) is 19.3 Å². The highest BCUT2D eigenvalue weighted by atomic mass is 16.5. The van der Waals surface area contributed by atoms with E-state index in [4.69, 9.17) is 4.74 Å². The fourth-order valence-electron chi connectivity index (χ4n) is 3.18. The summed E-state index contributed by atoms with van der Waals surface area (Å²) in [5.41, 5.74) is 1.28. The van der Waals surface area contributed by atoms with Crippen LogP contribution in [0.25, 0.3) is 16.5 Å². The largest absolute Gasteiger partial charge is 0.369 e. The van der Waals surface area contributed by atoms with Gasteiger partial charge in [-0.05, 0) is 42.1 Å². The van der Waals surface area contributed by atoms with Gasteiger partial charge in [0.2, 0.25) is 0 Å². The second-order valence-corrected chi connectivity index (χ2v) is 6.41. The first-order valence-corrected chi connectivity index (χ1v) is 9.09. The molecule has 0 aliphatic carbocycles. The lowest BCUT2D eigenvalue weighted by molar-refractivity contribution is 0.0989. The number of H-pyrrole nitrogens is 1. The number of ether oxygens (including phenoxy) is 1. The Hall–Kier alpha value is -3.45. The third-order valence-corrected chi connectivity index (χ3v) is 4.60. The zero-order valence-electron chi connectivity index (χ0n) is 15.5. The van der Waals surface area contributed by atoms with Gasteiger partial charge in [-0.3, -0.25) is 9.36 Å². The van der Waals surface area contributed by atoms with E-state index >= 15 is 0 Å². The molecule has 0 spiro atoms. The quantitative estimate of drug-likeness (QED) is 0.561. The van der Waals surface area contributed by atoms with Crippen LogP contribution in [0.4, 0.5) is 0 Å². The molecule has 0 aliphatic heterocycles. The first kappa shape index (κ1) is 17.9. The zero-order valence-corrected chi connectivity index (χ0v) is 15.5. The molecule has 0 atom stereocenters. The van der Waals surface area contributed by atoms with Crippen molar-refractivity contribution < 1.29 is 4.74 Å². The van der Waals surface area contributed by atoms with Crippen LogP contribution in [0.3, 0.4) is 0 Å². The topological polar surface area (TPSA) is 81.9 Å². The van der Waals surface area contributed by atoms with Gasteiger partial charge in [0.25, 0.3) is 5.56 Å². The van der Waals surface area contributed by atoms with E-state index in [2.05, 4.69) is 10.1 Å². The van der Waals surface area contributed by atoms with Gasteiger partial charge in [0.15, 0.2) is 5.82 Å². The van der Waals surface area contributed by atoms with Gasteiger partial charge in [-0.15, -0.1) is 5.10 Å². The van der Waals surface area contributed by atoms with E-state index in [1.807, 2.05) is 37.3 Å². The standard InChI is InChI=1S/C21H20N4O3/c1-2-24-19(14-28-13-15-6-4-3-5-7-15)23-25(21(24)27)17-8-9-18-16(12-17)10-11-22-20(18)26/h3-12H,2,13-14H2,1H3,(H,22,26). The molecule has 2 aromatic carbocycles. The summed E-state index contributed by atoms with van der Waals surface area (Å²) < 4.78 is 8.70. The molecule has 2 aromatic heterocycles. The van der Waals surface area contributed by atoms with Crippen LogP contribution in [0, 0.1) is 0 Å². The van der Waals surface area contributed by atoms with Crippen LogP contribution in [0.15, 0.2) is 70.4 Å². The van der Waals surface area contributed by atoms with Crippen LogP contribution in [-0.2, 0) is 24.5 Å². The minimum absolute atomic E-state index is 0.162. The van der Waals surface area contributed by atoms with E-state index in [9.17, 15) is 9.59 Å². The summed E-state index contributed by atoms with van der Waals surface area (Å²) in [6.45, 7) is 3.08. The van der Waals surface area contributed by atoms with Crippen LogP contribution in [0.5, 0.6) is 0 Å². The first-order valence-electron chi connectivity index (χ1n) is 9.09. The van der Waals surface area contributed by atoms with E-state index in [-0.39, 0.29) is 17.9 Å². The fourth-order valence-corrected chi connectivity index (χ4v) is 3.18. The van der Waals surface area contributed by atoms with Crippen LogP contribution in [0.2, 0.25) is 0 Å². The van der Waals surface area contributed by atoms with Crippen LogP contribution >= 0.6 is 0 Å². The average Bonchev–Trinajstić information content (AvgIpc) is 3.04. The first-order chi connectivity index (χ1) is 13.7.